The molecule has 0 bridgehead atoms. The zero-order chi connectivity index (χ0) is 32.5. The molecule has 5 N–H and O–H groups in total. The van der Waals surface area contributed by atoms with Crippen molar-refractivity contribution in [1.29, 1.82) is 0 Å². The fourth-order valence-corrected chi connectivity index (χ4v) is 4.48. The van der Waals surface area contributed by atoms with Crippen LogP contribution in [0.1, 0.15) is 34.1 Å². The van der Waals surface area contributed by atoms with Crippen LogP contribution in [0.25, 0.3) is 0 Å². The molecule has 43 heavy (non-hydrogen) atoms. The summed E-state index contributed by atoms with van der Waals surface area (Å²) < 4.78 is 11.9. The van der Waals surface area contributed by atoms with Crippen molar-refractivity contribution >= 4 is 23.8 Å². The number of ether oxygens (including phenoxy) is 2. The maximum atomic E-state index is 13.0. The van der Waals surface area contributed by atoms with E-state index in [4.69, 9.17) is 9.47 Å². The van der Waals surface area contributed by atoms with Gasteiger partial charge in [0.05, 0.1) is 50.6 Å². The van der Waals surface area contributed by atoms with E-state index >= 15 is 0 Å². The average Bonchev–Trinajstić information content (AvgIpc) is 2.88. The molecule has 0 aromatic carbocycles. The number of nitrogens with zero attached hydrogens (tertiary/aromatic N) is 4. The highest BCUT2D eigenvalue weighted by Crippen LogP contribution is 2.17. The first kappa shape index (κ1) is 38.6. The van der Waals surface area contributed by atoms with E-state index in [9.17, 15) is 34.5 Å². The van der Waals surface area contributed by atoms with Crippen molar-refractivity contribution in [3.8, 4) is 0 Å². The summed E-state index contributed by atoms with van der Waals surface area (Å²) in [6.07, 6.45) is 0.690. The molecule has 0 spiro atoms. The lowest BCUT2D eigenvalue weighted by molar-refractivity contribution is -0.140. The van der Waals surface area contributed by atoms with Crippen LogP contribution in [0, 0.1) is 0 Å². The average molecular weight is 619 g/mol. The van der Waals surface area contributed by atoms with Gasteiger partial charge < -0.3 is 35.4 Å². The zero-order valence-electron chi connectivity index (χ0n) is 26.6. The summed E-state index contributed by atoms with van der Waals surface area (Å²) in [5, 5.41) is 34.0. The topological polar surface area (TPSA) is 184 Å². The molecule has 1 aliphatic rings. The van der Waals surface area contributed by atoms with Gasteiger partial charge in [-0.2, -0.15) is 0 Å². The first-order chi connectivity index (χ1) is 20.1. The summed E-state index contributed by atoms with van der Waals surface area (Å²) in [6.45, 7) is 12.1. The van der Waals surface area contributed by atoms with Crippen LogP contribution < -0.4 is 10.6 Å². The Kier molecular flexibility index (Phi) is 17.8. The highest BCUT2D eigenvalue weighted by molar-refractivity contribution is 5.78. The molecule has 0 aliphatic carbocycles. The molecule has 1 saturated heterocycles. The van der Waals surface area contributed by atoms with E-state index in [1.54, 1.807) is 14.7 Å². The molecule has 0 atom stereocenters. The van der Waals surface area contributed by atoms with Crippen molar-refractivity contribution in [2.45, 2.75) is 45.3 Å². The summed E-state index contributed by atoms with van der Waals surface area (Å²) >= 11 is 0. The molecule has 15 nitrogen and oxygen atoms in total. The number of amides is 1. The molecular formula is C28H54N6O9. The van der Waals surface area contributed by atoms with Crippen molar-refractivity contribution in [3.05, 3.63) is 0 Å². The molecule has 0 unspecified atom stereocenters. The second-order valence-corrected chi connectivity index (χ2v) is 12.1. The van der Waals surface area contributed by atoms with Gasteiger partial charge in [-0.25, -0.2) is 0 Å². The number of nitrogens with one attached hydrogen (secondary N) is 2. The Morgan fingerprint density at radius 1 is 0.628 bits per heavy atom. The molecule has 0 radical (unpaired) electrons. The molecule has 0 aromatic rings. The van der Waals surface area contributed by atoms with E-state index in [1.807, 2.05) is 39.6 Å². The number of rotatable bonds is 18. The van der Waals surface area contributed by atoms with Gasteiger partial charge in [0.25, 0.3) is 0 Å². The Hall–Kier alpha value is -2.40. The van der Waals surface area contributed by atoms with Crippen LogP contribution in [-0.2, 0) is 28.7 Å². The second kappa shape index (κ2) is 19.8. The van der Waals surface area contributed by atoms with Gasteiger partial charge in [0.2, 0.25) is 5.91 Å². The summed E-state index contributed by atoms with van der Waals surface area (Å²) in [4.78, 5) is 54.2. The van der Waals surface area contributed by atoms with Gasteiger partial charge in [-0.15, -0.1) is 0 Å². The minimum atomic E-state index is -1.01. The smallest absolute Gasteiger partial charge is 0.317 e. The predicted octanol–water partition coefficient (Wildman–Crippen LogP) is -1.22. The predicted molar refractivity (Wildman–Crippen MR) is 160 cm³/mol. The molecule has 15 heteroatoms. The molecule has 0 aromatic heterocycles. The number of carboxylic acids is 3. The summed E-state index contributed by atoms with van der Waals surface area (Å²) in [5.74, 6) is -3.22. The van der Waals surface area contributed by atoms with E-state index < -0.39 is 23.5 Å². The van der Waals surface area contributed by atoms with Crippen molar-refractivity contribution < 1.29 is 44.0 Å². The normalized spacial score (nSPS) is 17.6. The van der Waals surface area contributed by atoms with Gasteiger partial charge in [-0.3, -0.25) is 38.8 Å². The van der Waals surface area contributed by atoms with Crippen LogP contribution in [-0.4, -0.2) is 182 Å². The van der Waals surface area contributed by atoms with Gasteiger partial charge >= 0.3 is 17.9 Å². The Labute approximate surface area is 255 Å². The first-order valence-electron chi connectivity index (χ1n) is 14.8. The molecular weight excluding hydrogens is 564 g/mol. The van der Waals surface area contributed by atoms with Crippen molar-refractivity contribution in [2.75, 3.05) is 112 Å². The fraction of sp³-hybridized carbons (Fsp3) is 0.857. The van der Waals surface area contributed by atoms with Gasteiger partial charge in [-0.05, 0) is 41.2 Å². The molecule has 1 amide bonds. The van der Waals surface area contributed by atoms with Crippen LogP contribution >= 0.6 is 0 Å². The van der Waals surface area contributed by atoms with Gasteiger partial charge in [0.15, 0.2) is 0 Å². The highest BCUT2D eigenvalue weighted by atomic mass is 16.5. The van der Waals surface area contributed by atoms with Crippen molar-refractivity contribution in [1.82, 2.24) is 30.2 Å². The number of aliphatic carboxylic acids is 3. The number of carbonyl (C=O) groups excluding carboxylic acids is 1. The molecule has 1 heterocycles. The third-order valence-corrected chi connectivity index (χ3v) is 7.13. The number of carbonyl (C=O) groups is 4. The standard InChI is InChI=1S/C28H54N6O9/c1-27(2,43-17-7-29-5)6-16-42-28(3,4)22-30-23(35)18-31-8-10-32(19-24(36)37)12-14-34(21-26(40)41)15-13-33(11-9-31)20-25(38)39/h29H,6-22H2,1-5H3,(H,30,35)(H,36,37)(H,38,39)(H,40,41). The van der Waals surface area contributed by atoms with E-state index in [0.29, 0.717) is 72.0 Å². The van der Waals surface area contributed by atoms with Gasteiger partial charge in [-0.1, -0.05) is 0 Å². The van der Waals surface area contributed by atoms with E-state index in [-0.39, 0.29) is 44.2 Å². The monoisotopic (exact) mass is 618 g/mol. The van der Waals surface area contributed by atoms with Crippen molar-refractivity contribution in [3.63, 3.8) is 0 Å². The SMILES string of the molecule is CNCCOC(C)(C)CCOC(C)(C)CNC(=O)CN1CCN(CC(=O)O)CCN(CC(=O)O)CCN(CC(=O)O)CC1. The Balaban J connectivity index is 2.78. The molecule has 1 rings (SSSR count). The highest BCUT2D eigenvalue weighted by Gasteiger charge is 2.25. The number of likely N-dealkylation sites (N-methyl/N-ethyl adjacent to an activating group) is 1. The van der Waals surface area contributed by atoms with Crippen LogP contribution in [0.5, 0.6) is 0 Å². The van der Waals surface area contributed by atoms with Gasteiger partial charge in [0, 0.05) is 65.4 Å². The van der Waals surface area contributed by atoms with Crippen LogP contribution in [0.2, 0.25) is 0 Å². The number of hydrogen-bond donors (Lipinski definition) is 5. The number of carboxylic acid groups (broad SMARTS) is 3. The van der Waals surface area contributed by atoms with E-state index in [0.717, 1.165) is 6.54 Å². The molecule has 1 aliphatic heterocycles. The molecule has 1 fully saturated rings. The number of hydrogen-bond acceptors (Lipinski definition) is 11. The minimum absolute atomic E-state index is 0.0510. The van der Waals surface area contributed by atoms with E-state index in [2.05, 4.69) is 10.6 Å². The second-order valence-electron chi connectivity index (χ2n) is 12.1. The van der Waals surface area contributed by atoms with Crippen LogP contribution in [0.3, 0.4) is 0 Å². The lowest BCUT2D eigenvalue weighted by atomic mass is 10.1. The first-order valence-corrected chi connectivity index (χ1v) is 14.8. The zero-order valence-corrected chi connectivity index (χ0v) is 26.6. The van der Waals surface area contributed by atoms with Crippen LogP contribution in [0.15, 0.2) is 0 Å². The fourth-order valence-electron chi connectivity index (χ4n) is 4.48. The summed E-state index contributed by atoms with van der Waals surface area (Å²) in [5.41, 5.74) is -0.953. The lowest BCUT2D eigenvalue weighted by Gasteiger charge is -2.33. The van der Waals surface area contributed by atoms with Gasteiger partial charge in [0.1, 0.15) is 0 Å². The van der Waals surface area contributed by atoms with Crippen molar-refractivity contribution in [2.24, 2.45) is 0 Å². The largest absolute Gasteiger partial charge is 0.480 e. The summed E-state index contributed by atoms with van der Waals surface area (Å²) in [6, 6.07) is 0. The third kappa shape index (κ3) is 19.5. The Morgan fingerprint density at radius 2 is 1.00 bits per heavy atom. The minimum Gasteiger partial charge on any atom is -0.480 e. The Bertz CT molecular complexity index is 842. The molecule has 0 saturated carbocycles. The van der Waals surface area contributed by atoms with Crippen LogP contribution in [0.4, 0.5) is 0 Å². The molecule has 250 valence electrons. The van der Waals surface area contributed by atoms with E-state index in [1.165, 1.54) is 0 Å². The third-order valence-electron chi connectivity index (χ3n) is 7.13. The Morgan fingerprint density at radius 3 is 1.37 bits per heavy atom. The maximum absolute atomic E-state index is 13.0. The lowest BCUT2D eigenvalue weighted by Crippen LogP contribution is -2.50. The quantitative estimate of drug-likeness (QED) is 0.115. The maximum Gasteiger partial charge on any atom is 0.317 e. The summed E-state index contributed by atoms with van der Waals surface area (Å²) in [7, 11) is 1.87.